The van der Waals surface area contributed by atoms with Gasteiger partial charge in [0.1, 0.15) is 24.1 Å². The van der Waals surface area contributed by atoms with Gasteiger partial charge in [0.2, 0.25) is 5.91 Å². The number of aliphatic hydroxyl groups excluding tert-OH is 2. The van der Waals surface area contributed by atoms with E-state index in [1.807, 2.05) is 0 Å². The molecule has 0 radical (unpaired) electrons. The van der Waals surface area contributed by atoms with Crippen LogP contribution in [0, 0.1) is 0 Å². The molecule has 4 atom stereocenters. The van der Waals surface area contributed by atoms with Gasteiger partial charge in [0.15, 0.2) is 23.8 Å². The van der Waals surface area contributed by atoms with Crippen LogP contribution in [0.15, 0.2) is 12.7 Å². The van der Waals surface area contributed by atoms with Crippen molar-refractivity contribution in [3.05, 3.63) is 12.7 Å². The van der Waals surface area contributed by atoms with E-state index in [9.17, 15) is 19.8 Å². The van der Waals surface area contributed by atoms with Gasteiger partial charge in [0, 0.05) is 19.5 Å². The fourth-order valence-electron chi connectivity index (χ4n) is 2.92. The van der Waals surface area contributed by atoms with Crippen molar-refractivity contribution < 1.29 is 24.5 Å². The predicted molar refractivity (Wildman–Crippen MR) is 96.6 cm³/mol. The van der Waals surface area contributed by atoms with Crippen molar-refractivity contribution in [1.29, 1.82) is 0 Å². The van der Waals surface area contributed by atoms with Crippen molar-refractivity contribution in [1.82, 2.24) is 30.2 Å². The summed E-state index contributed by atoms with van der Waals surface area (Å²) in [4.78, 5) is 35.5. The fourth-order valence-corrected chi connectivity index (χ4v) is 2.92. The van der Waals surface area contributed by atoms with Crippen LogP contribution in [-0.4, -0.2) is 72.9 Å². The average molecular weight is 393 g/mol. The van der Waals surface area contributed by atoms with Crippen molar-refractivity contribution in [3.63, 3.8) is 0 Å². The Kier molecular flexibility index (Phi) is 6.02. The minimum absolute atomic E-state index is 0.0659. The van der Waals surface area contributed by atoms with Crippen LogP contribution in [-0.2, 0) is 14.3 Å². The summed E-state index contributed by atoms with van der Waals surface area (Å²) in [6.07, 6.45) is -1.60. The third-order valence-electron chi connectivity index (χ3n) is 4.45. The van der Waals surface area contributed by atoms with Crippen LogP contribution in [0.2, 0.25) is 0 Å². The highest BCUT2D eigenvalue weighted by Crippen LogP contribution is 2.32. The highest BCUT2D eigenvalue weighted by atomic mass is 16.6. The van der Waals surface area contributed by atoms with Crippen LogP contribution in [0.5, 0.6) is 0 Å². The van der Waals surface area contributed by atoms with Gasteiger partial charge in [-0.2, -0.15) is 0 Å². The largest absolute Gasteiger partial charge is 0.387 e. The smallest absolute Gasteiger partial charge is 0.252 e. The Morgan fingerprint density at radius 2 is 1.96 bits per heavy atom. The molecule has 0 bridgehead atoms. The Morgan fingerprint density at radius 3 is 2.71 bits per heavy atom. The molecule has 1 fully saturated rings. The zero-order chi connectivity index (χ0) is 20.3. The van der Waals surface area contributed by atoms with Gasteiger partial charge in [-0.25, -0.2) is 15.0 Å². The number of carbonyl (C=O) groups is 2. The molecule has 0 spiro atoms. The van der Waals surface area contributed by atoms with Crippen molar-refractivity contribution >= 4 is 28.8 Å². The summed E-state index contributed by atoms with van der Waals surface area (Å²) in [5.74, 6) is -0.459. The highest BCUT2D eigenvalue weighted by molar-refractivity contribution is 5.82. The zero-order valence-corrected chi connectivity index (χ0v) is 15.3. The number of hydrogen-bond acceptors (Lipinski definition) is 9. The molecule has 2 aromatic heterocycles. The van der Waals surface area contributed by atoms with E-state index < -0.39 is 30.4 Å². The molecule has 152 valence electrons. The van der Waals surface area contributed by atoms with Crippen molar-refractivity contribution in [2.24, 2.45) is 0 Å². The summed E-state index contributed by atoms with van der Waals surface area (Å²) in [7, 11) is 0. The molecule has 1 aliphatic rings. The summed E-state index contributed by atoms with van der Waals surface area (Å²) in [5.41, 5.74) is 6.39. The summed E-state index contributed by atoms with van der Waals surface area (Å²) < 4.78 is 6.99. The molecule has 0 aromatic carbocycles. The third-order valence-corrected chi connectivity index (χ3v) is 4.45. The normalized spacial score (nSPS) is 24.4. The second-order valence-electron chi connectivity index (χ2n) is 6.36. The van der Waals surface area contributed by atoms with Crippen LogP contribution >= 0.6 is 0 Å². The lowest BCUT2D eigenvalue weighted by molar-refractivity contribution is -0.137. The minimum Gasteiger partial charge on any atom is -0.387 e. The number of fused-ring (bicyclic) bond motifs is 1. The van der Waals surface area contributed by atoms with E-state index in [2.05, 4.69) is 25.6 Å². The van der Waals surface area contributed by atoms with Crippen molar-refractivity contribution in [3.8, 4) is 0 Å². The number of nitrogens with zero attached hydrogens (tertiary/aromatic N) is 4. The Morgan fingerprint density at radius 1 is 1.21 bits per heavy atom. The van der Waals surface area contributed by atoms with E-state index in [1.54, 1.807) is 6.92 Å². The maximum Gasteiger partial charge on any atom is 0.252 e. The van der Waals surface area contributed by atoms with Crippen LogP contribution in [0.25, 0.3) is 11.2 Å². The number of nitrogens with one attached hydrogen (secondary N) is 2. The van der Waals surface area contributed by atoms with E-state index in [0.717, 1.165) is 0 Å². The summed E-state index contributed by atoms with van der Waals surface area (Å²) >= 11 is 0. The average Bonchev–Trinajstić information content (AvgIpc) is 3.24. The van der Waals surface area contributed by atoms with E-state index in [1.165, 1.54) is 17.2 Å². The van der Waals surface area contributed by atoms with E-state index >= 15 is 0 Å². The SMILES string of the molecule is CCC(=O)NCCCNC(=O)[C@H]1O[C@@H](n2cnc3c(N)ncnc32)[C@H](O)[C@@H]1O. The molecule has 12 heteroatoms. The minimum atomic E-state index is -1.43. The summed E-state index contributed by atoms with van der Waals surface area (Å²) in [6.45, 7) is 2.46. The maximum atomic E-state index is 12.3. The molecule has 0 saturated carbocycles. The number of anilines is 1. The van der Waals surface area contributed by atoms with Crippen LogP contribution in [0.3, 0.4) is 0 Å². The monoisotopic (exact) mass is 393 g/mol. The number of imidazole rings is 1. The maximum absolute atomic E-state index is 12.3. The van der Waals surface area contributed by atoms with E-state index in [-0.39, 0.29) is 18.3 Å². The molecule has 2 amide bonds. The Hall–Kier alpha value is -2.83. The van der Waals surface area contributed by atoms with Crippen molar-refractivity contribution in [2.75, 3.05) is 18.8 Å². The van der Waals surface area contributed by atoms with Gasteiger partial charge in [-0.3, -0.25) is 14.2 Å². The zero-order valence-electron chi connectivity index (χ0n) is 15.3. The first kappa shape index (κ1) is 19.9. The molecule has 28 heavy (non-hydrogen) atoms. The third kappa shape index (κ3) is 3.88. The van der Waals surface area contributed by atoms with Gasteiger partial charge in [0.05, 0.1) is 6.33 Å². The topological polar surface area (TPSA) is 178 Å². The lowest BCUT2D eigenvalue weighted by atomic mass is 10.1. The van der Waals surface area contributed by atoms with Gasteiger partial charge < -0.3 is 31.3 Å². The van der Waals surface area contributed by atoms with Gasteiger partial charge in [0.25, 0.3) is 5.91 Å². The number of aromatic nitrogens is 4. The molecule has 0 unspecified atom stereocenters. The Balaban J connectivity index is 1.61. The van der Waals surface area contributed by atoms with Crippen molar-refractivity contribution in [2.45, 2.75) is 44.3 Å². The van der Waals surface area contributed by atoms with Gasteiger partial charge in [-0.05, 0) is 6.42 Å². The number of aliphatic hydroxyl groups is 2. The number of nitrogen functional groups attached to an aromatic ring is 1. The fraction of sp³-hybridized carbons (Fsp3) is 0.562. The Bertz CT molecular complexity index is 857. The molecule has 12 nitrogen and oxygen atoms in total. The van der Waals surface area contributed by atoms with Gasteiger partial charge in [-0.1, -0.05) is 6.92 Å². The first-order chi connectivity index (χ1) is 13.4. The molecule has 3 rings (SSSR count). The molecule has 0 aliphatic carbocycles. The lowest BCUT2D eigenvalue weighted by Crippen LogP contribution is -2.43. The molecule has 1 saturated heterocycles. The predicted octanol–water partition coefficient (Wildman–Crippen LogP) is -1.94. The number of rotatable bonds is 7. The number of nitrogens with two attached hydrogens (primary N) is 1. The molecule has 6 N–H and O–H groups in total. The second kappa shape index (κ2) is 8.46. The Labute approximate surface area is 160 Å². The summed E-state index contributed by atoms with van der Waals surface area (Å²) in [5, 5.41) is 25.9. The van der Waals surface area contributed by atoms with Crippen LogP contribution in [0.4, 0.5) is 5.82 Å². The van der Waals surface area contributed by atoms with E-state index in [0.29, 0.717) is 30.6 Å². The lowest BCUT2D eigenvalue weighted by Gasteiger charge is -2.16. The first-order valence-corrected chi connectivity index (χ1v) is 8.93. The van der Waals surface area contributed by atoms with Crippen LogP contribution in [0.1, 0.15) is 26.0 Å². The molecule has 3 heterocycles. The van der Waals surface area contributed by atoms with Crippen LogP contribution < -0.4 is 16.4 Å². The number of ether oxygens (including phenoxy) is 1. The molecule has 1 aliphatic heterocycles. The second-order valence-corrected chi connectivity index (χ2v) is 6.36. The first-order valence-electron chi connectivity index (χ1n) is 8.93. The molecular weight excluding hydrogens is 370 g/mol. The highest BCUT2D eigenvalue weighted by Gasteiger charge is 2.47. The van der Waals surface area contributed by atoms with Gasteiger partial charge in [-0.15, -0.1) is 0 Å². The standard InChI is InChI=1S/C16H23N7O5/c1-2-8(24)18-4-3-5-19-15(27)12-10(25)11(26)16(28-12)23-7-22-9-13(17)20-6-21-14(9)23/h6-7,10-12,16,25-26H,2-5H2,1H3,(H,18,24)(H,19,27)(H2,17,20,21)/t10-,11+,12-,16+/m0/s1. The number of amides is 2. The summed E-state index contributed by atoms with van der Waals surface area (Å²) in [6, 6.07) is 0. The quantitative estimate of drug-likeness (QED) is 0.335. The number of hydrogen-bond donors (Lipinski definition) is 5. The molecular formula is C16H23N7O5. The van der Waals surface area contributed by atoms with Gasteiger partial charge >= 0.3 is 0 Å². The van der Waals surface area contributed by atoms with E-state index in [4.69, 9.17) is 10.5 Å². The molecule has 2 aromatic rings. The number of carbonyl (C=O) groups excluding carboxylic acids is 2.